The number of ether oxygens (including phenoxy) is 1. The molecule has 1 unspecified atom stereocenters. The summed E-state index contributed by atoms with van der Waals surface area (Å²) in [4.78, 5) is 15.4. The van der Waals surface area contributed by atoms with Crippen LogP contribution in [0.4, 0.5) is 11.6 Å². The Balaban J connectivity index is 1.79. The highest BCUT2D eigenvalue weighted by molar-refractivity contribution is 5.39. The molecule has 2 aromatic heterocycles. The van der Waals surface area contributed by atoms with Gasteiger partial charge >= 0.3 is 0 Å². The van der Waals surface area contributed by atoms with Crippen molar-refractivity contribution in [3.63, 3.8) is 0 Å². The molecule has 1 atom stereocenters. The molecule has 1 aliphatic rings. The van der Waals surface area contributed by atoms with E-state index in [-0.39, 0.29) is 6.10 Å². The summed E-state index contributed by atoms with van der Waals surface area (Å²) in [6.07, 6.45) is 1.75. The fourth-order valence-corrected chi connectivity index (χ4v) is 2.43. The minimum absolute atomic E-state index is 0.0395. The van der Waals surface area contributed by atoms with Gasteiger partial charge in [0.2, 0.25) is 0 Å². The number of aromatic nitrogens is 3. The number of hydrogen-bond acceptors (Lipinski definition) is 6. The third kappa shape index (κ3) is 3.11. The number of rotatable bonds is 3. The summed E-state index contributed by atoms with van der Waals surface area (Å²) in [6, 6.07) is 7.87. The van der Waals surface area contributed by atoms with Crippen LogP contribution in [0.25, 0.3) is 0 Å². The lowest BCUT2D eigenvalue weighted by atomic mass is 10.2. The maximum Gasteiger partial charge on any atom is 0.132 e. The second-order valence-corrected chi connectivity index (χ2v) is 4.97. The third-order valence-corrected chi connectivity index (χ3v) is 3.51. The van der Waals surface area contributed by atoms with E-state index in [1.54, 1.807) is 6.20 Å². The quantitative estimate of drug-likeness (QED) is 0.928. The summed E-state index contributed by atoms with van der Waals surface area (Å²) < 4.78 is 5.87. The molecular weight excluding hydrogens is 266 g/mol. The Morgan fingerprint density at radius 2 is 2.19 bits per heavy atom. The van der Waals surface area contributed by atoms with Gasteiger partial charge in [0.15, 0.2) is 0 Å². The van der Waals surface area contributed by atoms with Crippen LogP contribution in [-0.4, -0.2) is 41.7 Å². The van der Waals surface area contributed by atoms with Crippen LogP contribution in [0.15, 0.2) is 30.5 Å². The summed E-state index contributed by atoms with van der Waals surface area (Å²) in [5, 5.41) is 3.06. The predicted octanol–water partition coefficient (Wildman–Crippen LogP) is 1.80. The molecule has 2 aromatic rings. The summed E-state index contributed by atoms with van der Waals surface area (Å²) in [6.45, 7) is 4.15. The summed E-state index contributed by atoms with van der Waals surface area (Å²) in [5.41, 5.74) is 0.942. The third-order valence-electron chi connectivity index (χ3n) is 3.51. The Hall–Kier alpha value is -2.21. The Morgan fingerprint density at radius 3 is 3.00 bits per heavy atom. The number of hydrogen-bond donors (Lipinski definition) is 1. The predicted molar refractivity (Wildman–Crippen MR) is 81.5 cm³/mol. The summed E-state index contributed by atoms with van der Waals surface area (Å²) in [5.74, 6) is 2.58. The molecule has 3 heterocycles. The van der Waals surface area contributed by atoms with Crippen molar-refractivity contribution in [1.29, 1.82) is 0 Å². The highest BCUT2D eigenvalue weighted by atomic mass is 16.5. The van der Waals surface area contributed by atoms with E-state index in [0.717, 1.165) is 36.2 Å². The van der Waals surface area contributed by atoms with E-state index in [0.29, 0.717) is 6.61 Å². The molecule has 0 bridgehead atoms. The molecule has 0 spiro atoms. The first-order valence-electron chi connectivity index (χ1n) is 7.07. The summed E-state index contributed by atoms with van der Waals surface area (Å²) >= 11 is 0. The van der Waals surface area contributed by atoms with E-state index in [1.165, 1.54) is 0 Å². The van der Waals surface area contributed by atoms with E-state index in [9.17, 15) is 0 Å². The van der Waals surface area contributed by atoms with E-state index in [4.69, 9.17) is 4.74 Å². The maximum absolute atomic E-state index is 5.87. The SMILES string of the molecule is CNc1cccc(C2CN(c3ccnc(C)n3)CCO2)n1. The van der Waals surface area contributed by atoms with Crippen LogP contribution < -0.4 is 10.2 Å². The average molecular weight is 285 g/mol. The zero-order valence-electron chi connectivity index (χ0n) is 12.3. The van der Waals surface area contributed by atoms with Gasteiger partial charge < -0.3 is 15.0 Å². The van der Waals surface area contributed by atoms with Gasteiger partial charge in [0, 0.05) is 19.8 Å². The van der Waals surface area contributed by atoms with Crippen molar-refractivity contribution in [2.75, 3.05) is 37.0 Å². The van der Waals surface area contributed by atoms with E-state index in [1.807, 2.05) is 38.2 Å². The van der Waals surface area contributed by atoms with Gasteiger partial charge in [-0.3, -0.25) is 0 Å². The smallest absolute Gasteiger partial charge is 0.132 e. The van der Waals surface area contributed by atoms with Crippen LogP contribution in [0, 0.1) is 6.92 Å². The van der Waals surface area contributed by atoms with Crippen LogP contribution in [0.5, 0.6) is 0 Å². The van der Waals surface area contributed by atoms with Gasteiger partial charge in [-0.15, -0.1) is 0 Å². The first-order valence-corrected chi connectivity index (χ1v) is 7.07. The van der Waals surface area contributed by atoms with Crippen molar-refractivity contribution in [2.24, 2.45) is 0 Å². The molecule has 1 N–H and O–H groups in total. The normalized spacial score (nSPS) is 18.6. The molecular formula is C15H19N5O. The van der Waals surface area contributed by atoms with Crippen molar-refractivity contribution in [2.45, 2.75) is 13.0 Å². The Bertz CT molecular complexity index is 619. The molecule has 21 heavy (non-hydrogen) atoms. The van der Waals surface area contributed by atoms with Gasteiger partial charge in [0.1, 0.15) is 23.6 Å². The Labute approximate surface area is 124 Å². The van der Waals surface area contributed by atoms with E-state index >= 15 is 0 Å². The number of aryl methyl sites for hydroxylation is 1. The molecule has 1 saturated heterocycles. The minimum Gasteiger partial charge on any atom is -0.373 e. The van der Waals surface area contributed by atoms with Crippen LogP contribution in [0.1, 0.15) is 17.6 Å². The molecule has 0 aromatic carbocycles. The molecule has 0 amide bonds. The van der Waals surface area contributed by atoms with Gasteiger partial charge in [-0.25, -0.2) is 15.0 Å². The first kappa shape index (κ1) is 13.8. The Morgan fingerprint density at radius 1 is 1.29 bits per heavy atom. The van der Waals surface area contributed by atoms with E-state index < -0.39 is 0 Å². The van der Waals surface area contributed by atoms with Gasteiger partial charge in [0.05, 0.1) is 18.8 Å². The molecule has 6 heteroatoms. The molecule has 1 aliphatic heterocycles. The molecule has 0 radical (unpaired) electrons. The van der Waals surface area contributed by atoms with Crippen LogP contribution in [-0.2, 0) is 4.74 Å². The average Bonchev–Trinajstić information content (AvgIpc) is 2.55. The van der Waals surface area contributed by atoms with Crippen molar-refractivity contribution < 1.29 is 4.74 Å². The van der Waals surface area contributed by atoms with Crippen molar-refractivity contribution in [1.82, 2.24) is 15.0 Å². The topological polar surface area (TPSA) is 63.2 Å². The zero-order chi connectivity index (χ0) is 14.7. The van der Waals surface area contributed by atoms with Gasteiger partial charge in [-0.1, -0.05) is 6.07 Å². The monoisotopic (exact) mass is 285 g/mol. The lowest BCUT2D eigenvalue weighted by Crippen LogP contribution is -2.39. The first-order chi connectivity index (χ1) is 10.3. The van der Waals surface area contributed by atoms with Crippen molar-refractivity contribution in [3.05, 3.63) is 42.0 Å². The molecule has 0 aliphatic carbocycles. The van der Waals surface area contributed by atoms with Crippen molar-refractivity contribution in [3.8, 4) is 0 Å². The van der Waals surface area contributed by atoms with E-state index in [2.05, 4.69) is 25.2 Å². The fraction of sp³-hybridized carbons (Fsp3) is 0.400. The molecule has 110 valence electrons. The van der Waals surface area contributed by atoms with Gasteiger partial charge in [0.25, 0.3) is 0 Å². The molecule has 6 nitrogen and oxygen atoms in total. The van der Waals surface area contributed by atoms with Gasteiger partial charge in [-0.05, 0) is 25.1 Å². The number of anilines is 2. The second kappa shape index (κ2) is 6.05. The fourth-order valence-electron chi connectivity index (χ4n) is 2.43. The van der Waals surface area contributed by atoms with Crippen LogP contribution in [0.3, 0.4) is 0 Å². The lowest BCUT2D eigenvalue weighted by molar-refractivity contribution is 0.0368. The lowest BCUT2D eigenvalue weighted by Gasteiger charge is -2.33. The highest BCUT2D eigenvalue weighted by Crippen LogP contribution is 2.24. The molecule has 3 rings (SSSR count). The highest BCUT2D eigenvalue weighted by Gasteiger charge is 2.24. The summed E-state index contributed by atoms with van der Waals surface area (Å²) in [7, 11) is 1.86. The largest absolute Gasteiger partial charge is 0.373 e. The maximum atomic E-state index is 5.87. The standard InChI is InChI=1S/C15H19N5O/c1-11-17-7-6-15(18-11)20-8-9-21-13(10-20)12-4-3-5-14(16-2)19-12/h3-7,13H,8-10H2,1-2H3,(H,16,19). The van der Waals surface area contributed by atoms with Gasteiger partial charge in [-0.2, -0.15) is 0 Å². The van der Waals surface area contributed by atoms with Crippen LogP contribution in [0.2, 0.25) is 0 Å². The number of pyridine rings is 1. The zero-order valence-corrected chi connectivity index (χ0v) is 12.3. The number of morpholine rings is 1. The van der Waals surface area contributed by atoms with Crippen molar-refractivity contribution >= 4 is 11.6 Å². The Kier molecular flexibility index (Phi) is 3.96. The minimum atomic E-state index is -0.0395. The van der Waals surface area contributed by atoms with Crippen LogP contribution >= 0.6 is 0 Å². The number of nitrogens with one attached hydrogen (secondary N) is 1. The second-order valence-electron chi connectivity index (χ2n) is 4.97. The molecule has 1 fully saturated rings. The number of nitrogens with zero attached hydrogens (tertiary/aromatic N) is 4. The molecule has 0 saturated carbocycles.